The summed E-state index contributed by atoms with van der Waals surface area (Å²) >= 11 is 0. The molecule has 1 aromatic carbocycles. The number of ether oxygens (including phenoxy) is 2. The van der Waals surface area contributed by atoms with Crippen LogP contribution in [0.25, 0.3) is 0 Å². The SMILES string of the molecule is C=C/C=C(\C=C/C)CN(C)CCC(C=C1Cc2cc(OC)c(OC)cc2C1=O)CC. The summed E-state index contributed by atoms with van der Waals surface area (Å²) in [5, 5.41) is 0. The van der Waals surface area contributed by atoms with Gasteiger partial charge >= 0.3 is 0 Å². The molecule has 1 unspecified atom stereocenters. The maximum absolute atomic E-state index is 12.9. The first-order valence-corrected chi connectivity index (χ1v) is 10.6. The van der Waals surface area contributed by atoms with Gasteiger partial charge in [-0.2, -0.15) is 0 Å². The Kier molecular flexibility index (Phi) is 9.13. The quantitative estimate of drug-likeness (QED) is 0.362. The first kappa shape index (κ1) is 23.7. The average Bonchev–Trinajstić information content (AvgIpc) is 3.04. The number of fused-ring (bicyclic) bond motifs is 1. The van der Waals surface area contributed by atoms with Crippen LogP contribution in [0.1, 0.15) is 42.6 Å². The van der Waals surface area contributed by atoms with E-state index in [-0.39, 0.29) is 5.78 Å². The number of hydrogen-bond acceptors (Lipinski definition) is 4. The lowest BCUT2D eigenvalue weighted by molar-refractivity contribution is 0.103. The highest BCUT2D eigenvalue weighted by Crippen LogP contribution is 2.37. The number of ketones is 1. The molecule has 4 heteroatoms. The van der Waals surface area contributed by atoms with E-state index in [9.17, 15) is 4.79 Å². The fourth-order valence-electron chi connectivity index (χ4n) is 3.86. The van der Waals surface area contributed by atoms with E-state index in [4.69, 9.17) is 9.47 Å². The molecule has 1 aromatic rings. The van der Waals surface area contributed by atoms with E-state index in [1.165, 1.54) is 5.57 Å². The lowest BCUT2D eigenvalue weighted by Gasteiger charge is -2.20. The zero-order valence-corrected chi connectivity index (χ0v) is 19.0. The van der Waals surface area contributed by atoms with E-state index < -0.39 is 0 Å². The molecule has 0 heterocycles. The van der Waals surface area contributed by atoms with Gasteiger partial charge in [0, 0.05) is 24.1 Å². The van der Waals surface area contributed by atoms with Gasteiger partial charge in [0.25, 0.3) is 0 Å². The second-order valence-electron chi connectivity index (χ2n) is 7.73. The van der Waals surface area contributed by atoms with Crippen molar-refractivity contribution in [2.75, 3.05) is 34.4 Å². The molecule has 0 aromatic heterocycles. The Balaban J connectivity index is 2.06. The largest absolute Gasteiger partial charge is 0.493 e. The lowest BCUT2D eigenvalue weighted by Crippen LogP contribution is -2.23. The molecule has 0 saturated carbocycles. The summed E-state index contributed by atoms with van der Waals surface area (Å²) in [5.41, 5.74) is 3.87. The Morgan fingerprint density at radius 2 is 1.97 bits per heavy atom. The van der Waals surface area contributed by atoms with Gasteiger partial charge in [-0.05, 0) is 62.5 Å². The molecule has 2 rings (SSSR count). The molecule has 0 saturated heterocycles. The minimum absolute atomic E-state index is 0.113. The molecule has 0 bridgehead atoms. The van der Waals surface area contributed by atoms with Crippen molar-refractivity contribution in [2.24, 2.45) is 5.92 Å². The van der Waals surface area contributed by atoms with Crippen LogP contribution in [-0.4, -0.2) is 45.0 Å². The van der Waals surface area contributed by atoms with Crippen molar-refractivity contribution in [1.82, 2.24) is 4.90 Å². The van der Waals surface area contributed by atoms with Gasteiger partial charge in [-0.25, -0.2) is 0 Å². The second kappa shape index (κ2) is 11.6. The number of rotatable bonds is 11. The molecule has 0 amide bonds. The van der Waals surface area contributed by atoms with Gasteiger partial charge in [-0.15, -0.1) is 0 Å². The number of allylic oxidation sites excluding steroid dienone is 5. The predicted octanol–water partition coefficient (Wildman–Crippen LogP) is 5.41. The molecule has 1 aliphatic carbocycles. The van der Waals surface area contributed by atoms with Gasteiger partial charge in [-0.1, -0.05) is 43.9 Å². The normalized spacial score (nSPS) is 16.4. The minimum Gasteiger partial charge on any atom is -0.493 e. The Hall–Kier alpha value is -2.59. The van der Waals surface area contributed by atoms with Crippen LogP contribution in [0.3, 0.4) is 0 Å². The van der Waals surface area contributed by atoms with Crippen LogP contribution < -0.4 is 9.47 Å². The van der Waals surface area contributed by atoms with E-state index in [1.807, 2.05) is 25.1 Å². The number of benzene rings is 1. The Labute approximate surface area is 181 Å². The van der Waals surface area contributed by atoms with Crippen molar-refractivity contribution in [1.29, 1.82) is 0 Å². The third-order valence-electron chi connectivity index (χ3n) is 5.53. The molecule has 1 aliphatic rings. The van der Waals surface area contributed by atoms with Crippen molar-refractivity contribution in [3.8, 4) is 11.5 Å². The van der Waals surface area contributed by atoms with Crippen molar-refractivity contribution in [3.05, 3.63) is 71.4 Å². The smallest absolute Gasteiger partial charge is 0.189 e. The van der Waals surface area contributed by atoms with Gasteiger partial charge in [0.05, 0.1) is 14.2 Å². The van der Waals surface area contributed by atoms with E-state index in [0.29, 0.717) is 23.8 Å². The average molecular weight is 410 g/mol. The van der Waals surface area contributed by atoms with Gasteiger partial charge in [-0.3, -0.25) is 4.79 Å². The monoisotopic (exact) mass is 409 g/mol. The van der Waals surface area contributed by atoms with E-state index in [1.54, 1.807) is 20.3 Å². The van der Waals surface area contributed by atoms with Crippen LogP contribution in [0.15, 0.2) is 60.2 Å². The lowest BCUT2D eigenvalue weighted by atomic mass is 9.97. The number of nitrogens with zero attached hydrogens (tertiary/aromatic N) is 1. The van der Waals surface area contributed by atoms with E-state index in [2.05, 4.69) is 43.7 Å². The standard InChI is InChI=1S/C26H35NO3/c1-7-10-20(11-8-2)18-27(4)13-12-19(9-3)14-22-15-21-16-24(29-5)25(30-6)17-23(21)26(22)28/h7-8,10-11,14,16-17,19H,1,9,12-13,15,18H2,2-6H3/b11-8-,20-10+,22-14?. The Bertz CT molecular complexity index is 848. The topological polar surface area (TPSA) is 38.8 Å². The number of carbonyl (C=O) groups excluding carboxylic acids is 1. The molecular formula is C26H35NO3. The van der Waals surface area contributed by atoms with Crippen LogP contribution in [-0.2, 0) is 6.42 Å². The molecule has 0 fully saturated rings. The number of carbonyl (C=O) groups is 1. The maximum atomic E-state index is 12.9. The number of Topliss-reactive ketones (excluding diaryl/α,β-unsaturated/α-hetero) is 1. The molecule has 162 valence electrons. The van der Waals surface area contributed by atoms with Crippen LogP contribution in [0.5, 0.6) is 11.5 Å². The number of hydrogen-bond donors (Lipinski definition) is 0. The van der Waals surface area contributed by atoms with Crippen molar-refractivity contribution < 1.29 is 14.3 Å². The first-order chi connectivity index (χ1) is 14.5. The fourth-order valence-corrected chi connectivity index (χ4v) is 3.86. The molecule has 30 heavy (non-hydrogen) atoms. The molecular weight excluding hydrogens is 374 g/mol. The summed E-state index contributed by atoms with van der Waals surface area (Å²) in [6.07, 6.45) is 12.9. The molecule has 0 aliphatic heterocycles. The zero-order chi connectivity index (χ0) is 22.1. The Morgan fingerprint density at radius 3 is 2.57 bits per heavy atom. The molecule has 4 nitrogen and oxygen atoms in total. The summed E-state index contributed by atoms with van der Waals surface area (Å²) in [4.78, 5) is 15.3. The van der Waals surface area contributed by atoms with Crippen LogP contribution in [0, 0.1) is 5.92 Å². The minimum atomic E-state index is 0.113. The summed E-state index contributed by atoms with van der Waals surface area (Å²) < 4.78 is 10.7. The van der Waals surface area contributed by atoms with Gasteiger partial charge in [0.1, 0.15) is 0 Å². The highest BCUT2D eigenvalue weighted by Gasteiger charge is 2.27. The summed E-state index contributed by atoms with van der Waals surface area (Å²) in [5.74, 6) is 1.76. The van der Waals surface area contributed by atoms with Crippen molar-refractivity contribution in [2.45, 2.75) is 33.1 Å². The van der Waals surface area contributed by atoms with Gasteiger partial charge < -0.3 is 14.4 Å². The number of likely N-dealkylation sites (N-methyl/N-ethyl adjacent to an activating group) is 1. The summed E-state index contributed by atoms with van der Waals surface area (Å²) in [7, 11) is 5.35. The van der Waals surface area contributed by atoms with Gasteiger partial charge in [0.2, 0.25) is 0 Å². The van der Waals surface area contributed by atoms with Crippen molar-refractivity contribution in [3.63, 3.8) is 0 Å². The van der Waals surface area contributed by atoms with E-state index in [0.717, 1.165) is 42.6 Å². The van der Waals surface area contributed by atoms with Crippen LogP contribution in [0.2, 0.25) is 0 Å². The number of methoxy groups -OCH3 is 2. The summed E-state index contributed by atoms with van der Waals surface area (Å²) in [6.45, 7) is 9.86. The maximum Gasteiger partial charge on any atom is 0.189 e. The zero-order valence-electron chi connectivity index (χ0n) is 19.0. The molecule has 0 N–H and O–H groups in total. The Morgan fingerprint density at radius 1 is 1.27 bits per heavy atom. The fraction of sp³-hybridized carbons (Fsp3) is 0.423. The van der Waals surface area contributed by atoms with Crippen molar-refractivity contribution >= 4 is 5.78 Å². The highest BCUT2D eigenvalue weighted by atomic mass is 16.5. The summed E-state index contributed by atoms with van der Waals surface area (Å²) in [6, 6.07) is 3.73. The molecule has 0 radical (unpaired) electrons. The molecule has 0 spiro atoms. The third kappa shape index (κ3) is 5.96. The van der Waals surface area contributed by atoms with E-state index >= 15 is 0 Å². The highest BCUT2D eigenvalue weighted by molar-refractivity contribution is 6.13. The first-order valence-electron chi connectivity index (χ1n) is 10.6. The van der Waals surface area contributed by atoms with Crippen LogP contribution in [0.4, 0.5) is 0 Å². The van der Waals surface area contributed by atoms with Gasteiger partial charge in [0.15, 0.2) is 17.3 Å². The van der Waals surface area contributed by atoms with Crippen LogP contribution >= 0.6 is 0 Å². The third-order valence-corrected chi connectivity index (χ3v) is 5.53. The molecule has 1 atom stereocenters. The predicted molar refractivity (Wildman–Crippen MR) is 125 cm³/mol. The second-order valence-corrected chi connectivity index (χ2v) is 7.73.